The molecule has 1 heterocycles. The minimum absolute atomic E-state index is 0.174. The summed E-state index contributed by atoms with van der Waals surface area (Å²) in [5.41, 5.74) is 4.00. The maximum absolute atomic E-state index is 11.7. The molecule has 7 nitrogen and oxygen atoms in total. The molecule has 0 fully saturated rings. The third-order valence-corrected chi connectivity index (χ3v) is 3.91. The molecule has 132 valence electrons. The molecule has 0 radical (unpaired) electrons. The lowest BCUT2D eigenvalue weighted by molar-refractivity contribution is -0.130. The lowest BCUT2D eigenvalue weighted by Crippen LogP contribution is -2.45. The van der Waals surface area contributed by atoms with Gasteiger partial charge >= 0.3 is 0 Å². The minimum atomic E-state index is -0.629. The van der Waals surface area contributed by atoms with Crippen molar-refractivity contribution in [1.82, 2.24) is 15.4 Å². The summed E-state index contributed by atoms with van der Waals surface area (Å²) in [5, 5.41) is 0.671. The molecular formula is C15H12Cl3N3O4. The largest absolute Gasteiger partial charge is 0.482 e. The van der Waals surface area contributed by atoms with Crippen LogP contribution in [0.25, 0.3) is 0 Å². The number of nitrogens with one attached hydrogen (secondary N) is 2. The number of pyridine rings is 1. The van der Waals surface area contributed by atoms with Gasteiger partial charge in [-0.25, -0.2) is 0 Å². The van der Waals surface area contributed by atoms with Crippen LogP contribution in [-0.2, 0) is 16.1 Å². The van der Waals surface area contributed by atoms with Crippen LogP contribution >= 0.6 is 34.8 Å². The van der Waals surface area contributed by atoms with E-state index in [-0.39, 0.29) is 32.9 Å². The molecule has 0 unspecified atom stereocenters. The van der Waals surface area contributed by atoms with Crippen molar-refractivity contribution in [3.05, 3.63) is 62.0 Å². The van der Waals surface area contributed by atoms with Gasteiger partial charge in [-0.15, -0.1) is 0 Å². The van der Waals surface area contributed by atoms with E-state index in [4.69, 9.17) is 39.5 Å². The lowest BCUT2D eigenvalue weighted by Gasteiger charge is -2.11. The Morgan fingerprint density at radius 3 is 2.40 bits per heavy atom. The van der Waals surface area contributed by atoms with E-state index in [1.807, 2.05) is 0 Å². The topological polar surface area (TPSA) is 89.4 Å². The van der Waals surface area contributed by atoms with Gasteiger partial charge in [0.1, 0.15) is 12.3 Å². The summed E-state index contributed by atoms with van der Waals surface area (Å²) >= 11 is 17.5. The van der Waals surface area contributed by atoms with E-state index >= 15 is 0 Å². The van der Waals surface area contributed by atoms with Crippen LogP contribution in [0.15, 0.2) is 41.3 Å². The van der Waals surface area contributed by atoms with Crippen LogP contribution < -0.4 is 21.1 Å². The highest BCUT2D eigenvalue weighted by molar-refractivity contribution is 6.43. The van der Waals surface area contributed by atoms with Crippen LogP contribution in [0.3, 0.4) is 0 Å². The average molecular weight is 405 g/mol. The summed E-state index contributed by atoms with van der Waals surface area (Å²) in [6, 6.07) is 7.25. The Bertz CT molecular complexity index is 854. The van der Waals surface area contributed by atoms with Crippen molar-refractivity contribution in [3.8, 4) is 5.75 Å². The summed E-state index contributed by atoms with van der Waals surface area (Å²) in [6.45, 7) is -0.650. The first-order valence-corrected chi connectivity index (χ1v) is 8.00. The zero-order chi connectivity index (χ0) is 18.4. The maximum Gasteiger partial charge on any atom is 0.276 e. The molecule has 2 aromatic rings. The van der Waals surface area contributed by atoms with Gasteiger partial charge in [-0.05, 0) is 12.1 Å². The number of carbonyl (C=O) groups is 2. The number of benzene rings is 1. The van der Waals surface area contributed by atoms with Crippen LogP contribution in [0.4, 0.5) is 0 Å². The number of nitrogens with zero attached hydrogens (tertiary/aromatic N) is 1. The first-order valence-electron chi connectivity index (χ1n) is 6.87. The Balaban J connectivity index is 1.81. The molecule has 2 N–H and O–H groups in total. The zero-order valence-corrected chi connectivity index (χ0v) is 14.9. The second-order valence-electron chi connectivity index (χ2n) is 4.75. The van der Waals surface area contributed by atoms with Crippen LogP contribution in [0.5, 0.6) is 5.75 Å². The smallest absolute Gasteiger partial charge is 0.276 e. The fourth-order valence-electron chi connectivity index (χ4n) is 1.72. The fourth-order valence-corrected chi connectivity index (χ4v) is 2.31. The van der Waals surface area contributed by atoms with Gasteiger partial charge < -0.3 is 9.30 Å². The predicted octanol–water partition coefficient (Wildman–Crippen LogP) is 2.03. The summed E-state index contributed by atoms with van der Waals surface area (Å²) < 4.78 is 6.40. The molecule has 1 aromatic carbocycles. The van der Waals surface area contributed by atoms with Gasteiger partial charge in [0.2, 0.25) is 0 Å². The molecule has 0 bridgehead atoms. The molecule has 1 aromatic heterocycles. The van der Waals surface area contributed by atoms with Gasteiger partial charge in [-0.2, -0.15) is 0 Å². The van der Waals surface area contributed by atoms with E-state index in [9.17, 15) is 14.4 Å². The zero-order valence-electron chi connectivity index (χ0n) is 12.6. The fraction of sp³-hybridized carbons (Fsp3) is 0.133. The number of hydrogen-bond acceptors (Lipinski definition) is 4. The highest BCUT2D eigenvalue weighted by atomic mass is 35.5. The van der Waals surface area contributed by atoms with Gasteiger partial charge in [-0.1, -0.05) is 40.9 Å². The molecule has 10 heteroatoms. The van der Waals surface area contributed by atoms with Crippen molar-refractivity contribution in [2.45, 2.75) is 6.54 Å². The molecule has 0 aliphatic carbocycles. The molecule has 25 heavy (non-hydrogen) atoms. The number of rotatable bonds is 5. The second-order valence-corrected chi connectivity index (χ2v) is 5.97. The summed E-state index contributed by atoms with van der Waals surface area (Å²) in [6.07, 6.45) is 1.46. The van der Waals surface area contributed by atoms with E-state index < -0.39 is 18.4 Å². The van der Waals surface area contributed by atoms with E-state index in [2.05, 4.69) is 10.9 Å². The van der Waals surface area contributed by atoms with Crippen LogP contribution in [0.2, 0.25) is 15.1 Å². The Morgan fingerprint density at radius 1 is 1.00 bits per heavy atom. The van der Waals surface area contributed by atoms with Gasteiger partial charge in [0.15, 0.2) is 6.61 Å². The van der Waals surface area contributed by atoms with Gasteiger partial charge in [0, 0.05) is 18.3 Å². The molecule has 0 spiro atoms. The molecule has 0 saturated heterocycles. The molecule has 0 aliphatic rings. The third kappa shape index (κ3) is 5.67. The van der Waals surface area contributed by atoms with Crippen LogP contribution in [0, 0.1) is 0 Å². The van der Waals surface area contributed by atoms with E-state index in [0.717, 1.165) is 0 Å². The lowest BCUT2D eigenvalue weighted by atomic mass is 10.3. The van der Waals surface area contributed by atoms with Crippen molar-refractivity contribution in [2.75, 3.05) is 6.61 Å². The van der Waals surface area contributed by atoms with Crippen molar-refractivity contribution in [3.63, 3.8) is 0 Å². The SMILES string of the molecule is O=C(COc1cc(Cl)c(Cl)cc1Cl)NNC(=O)Cn1ccccc1=O. The highest BCUT2D eigenvalue weighted by Crippen LogP contribution is 2.33. The number of hydrazine groups is 1. The third-order valence-electron chi connectivity index (χ3n) is 2.89. The highest BCUT2D eigenvalue weighted by Gasteiger charge is 2.10. The summed E-state index contributed by atoms with van der Waals surface area (Å²) in [7, 11) is 0. The van der Waals surface area contributed by atoms with E-state index in [1.54, 1.807) is 12.1 Å². The van der Waals surface area contributed by atoms with Crippen LogP contribution in [-0.4, -0.2) is 23.0 Å². The van der Waals surface area contributed by atoms with Gasteiger partial charge in [-0.3, -0.25) is 25.2 Å². The van der Waals surface area contributed by atoms with E-state index in [0.29, 0.717) is 0 Å². The summed E-state index contributed by atoms with van der Waals surface area (Å²) in [4.78, 5) is 34.9. The van der Waals surface area contributed by atoms with Gasteiger partial charge in [0.05, 0.1) is 15.1 Å². The van der Waals surface area contributed by atoms with Gasteiger partial charge in [0.25, 0.3) is 17.4 Å². The Hall–Kier alpha value is -2.22. The molecule has 0 atom stereocenters. The molecule has 0 aliphatic heterocycles. The summed E-state index contributed by atoms with van der Waals surface area (Å²) in [5.74, 6) is -1.03. The van der Waals surface area contributed by atoms with Crippen molar-refractivity contribution < 1.29 is 14.3 Å². The van der Waals surface area contributed by atoms with Crippen molar-refractivity contribution in [2.24, 2.45) is 0 Å². The monoisotopic (exact) mass is 403 g/mol. The Morgan fingerprint density at radius 2 is 1.68 bits per heavy atom. The predicted molar refractivity (Wildman–Crippen MR) is 94.0 cm³/mol. The Labute approximate surface area is 157 Å². The molecular weight excluding hydrogens is 393 g/mol. The minimum Gasteiger partial charge on any atom is -0.482 e. The first-order chi connectivity index (χ1) is 11.9. The van der Waals surface area contributed by atoms with E-state index in [1.165, 1.54) is 29.0 Å². The standard InChI is InChI=1S/C15H12Cl3N3O4/c16-9-5-11(18)12(6-10(9)17)25-8-14(23)20-19-13(22)7-21-4-2-1-3-15(21)24/h1-6H,7-8H2,(H,19,22)(H,20,23). The number of amides is 2. The number of ether oxygens (including phenoxy) is 1. The van der Waals surface area contributed by atoms with Crippen LogP contribution in [0.1, 0.15) is 0 Å². The molecule has 2 amide bonds. The number of halogens is 3. The number of aromatic nitrogens is 1. The maximum atomic E-state index is 11.7. The number of carbonyl (C=O) groups excluding carboxylic acids is 2. The van der Waals surface area contributed by atoms with Crippen molar-refractivity contribution >= 4 is 46.6 Å². The quantitative estimate of drug-likeness (QED) is 0.589. The second kappa shape index (κ2) is 8.75. The molecule has 2 rings (SSSR count). The Kier molecular flexibility index (Phi) is 6.69. The average Bonchev–Trinajstić information content (AvgIpc) is 2.57. The first kappa shape index (κ1) is 19.1. The number of hydrogen-bond donors (Lipinski definition) is 2. The molecule has 0 saturated carbocycles. The normalized spacial score (nSPS) is 10.2. The van der Waals surface area contributed by atoms with Crippen molar-refractivity contribution in [1.29, 1.82) is 0 Å².